The number of benzene rings is 1. The molecule has 0 unspecified atom stereocenters. The van der Waals surface area contributed by atoms with E-state index < -0.39 is 0 Å². The number of nitriles is 1. The minimum atomic E-state index is -0.355. The molecule has 160 valence electrons. The quantitative estimate of drug-likeness (QED) is 0.368. The van der Waals surface area contributed by atoms with Crippen molar-refractivity contribution in [3.63, 3.8) is 0 Å². The number of fused-ring (bicyclic) bond motifs is 2. The molecule has 0 spiro atoms. The molecule has 0 radical (unpaired) electrons. The molecule has 1 aliphatic rings. The van der Waals surface area contributed by atoms with Gasteiger partial charge >= 0.3 is 0 Å². The van der Waals surface area contributed by atoms with E-state index >= 15 is 0 Å². The van der Waals surface area contributed by atoms with Crippen LogP contribution in [0.5, 0.6) is 0 Å². The number of rotatable bonds is 4. The molecule has 1 aliphatic carbocycles. The summed E-state index contributed by atoms with van der Waals surface area (Å²) in [6, 6.07) is 17.0. The van der Waals surface area contributed by atoms with Gasteiger partial charge < -0.3 is 14.3 Å². The number of hydrogen-bond donors (Lipinski definition) is 1. The maximum atomic E-state index is 13.6. The SMILES string of the molecule is N#Cc1c(NC(=O)c2cc(-c3ccco3)nc3onc(-c4ccccc4)c23)sc2c1CCC2. The molecule has 0 bridgehead atoms. The number of pyridine rings is 1. The predicted octanol–water partition coefficient (Wildman–Crippen LogP) is 5.82. The average Bonchev–Trinajstić information content (AvgIpc) is 3.63. The number of aryl methyl sites for hydroxylation is 1. The zero-order valence-corrected chi connectivity index (χ0v) is 18.1. The van der Waals surface area contributed by atoms with Gasteiger partial charge in [-0.05, 0) is 43.0 Å². The summed E-state index contributed by atoms with van der Waals surface area (Å²) in [6.07, 6.45) is 4.40. The van der Waals surface area contributed by atoms with Crippen LogP contribution in [0, 0.1) is 11.3 Å². The van der Waals surface area contributed by atoms with Crippen molar-refractivity contribution in [1.82, 2.24) is 10.1 Å². The minimum Gasteiger partial charge on any atom is -0.463 e. The molecule has 1 amide bonds. The lowest BCUT2D eigenvalue weighted by atomic mass is 10.0. The molecule has 4 heterocycles. The van der Waals surface area contributed by atoms with Crippen LogP contribution >= 0.6 is 11.3 Å². The van der Waals surface area contributed by atoms with Crippen molar-refractivity contribution in [2.45, 2.75) is 19.3 Å². The fraction of sp³-hybridized carbons (Fsp3) is 0.120. The highest BCUT2D eigenvalue weighted by atomic mass is 32.1. The fourth-order valence-corrected chi connectivity index (χ4v) is 5.49. The molecule has 33 heavy (non-hydrogen) atoms. The summed E-state index contributed by atoms with van der Waals surface area (Å²) < 4.78 is 11.0. The number of aromatic nitrogens is 2. The molecule has 1 N–H and O–H groups in total. The van der Waals surface area contributed by atoms with Crippen molar-refractivity contribution < 1.29 is 13.7 Å². The first-order chi connectivity index (χ1) is 16.2. The van der Waals surface area contributed by atoms with Crippen LogP contribution in [0.2, 0.25) is 0 Å². The van der Waals surface area contributed by atoms with Crippen LogP contribution in [0.1, 0.15) is 32.8 Å². The third-order valence-electron chi connectivity index (χ3n) is 5.77. The zero-order chi connectivity index (χ0) is 22.4. The fourth-order valence-electron chi connectivity index (χ4n) is 4.25. The summed E-state index contributed by atoms with van der Waals surface area (Å²) in [5.41, 5.74) is 4.01. The molecular weight excluding hydrogens is 436 g/mol. The first kappa shape index (κ1) is 19.5. The topological polar surface area (TPSA) is 105 Å². The van der Waals surface area contributed by atoms with Gasteiger partial charge in [-0.25, -0.2) is 4.98 Å². The normalized spacial score (nSPS) is 12.6. The van der Waals surface area contributed by atoms with Crippen LogP contribution in [-0.2, 0) is 12.8 Å². The Balaban J connectivity index is 1.51. The summed E-state index contributed by atoms with van der Waals surface area (Å²) in [5.74, 6) is 0.156. The Bertz CT molecular complexity index is 1540. The summed E-state index contributed by atoms with van der Waals surface area (Å²) in [7, 11) is 0. The van der Waals surface area contributed by atoms with Crippen molar-refractivity contribution >= 4 is 33.3 Å². The number of nitrogens with one attached hydrogen (secondary N) is 1. The number of carbonyl (C=O) groups is 1. The largest absolute Gasteiger partial charge is 0.463 e. The minimum absolute atomic E-state index is 0.238. The molecule has 0 saturated heterocycles. The van der Waals surface area contributed by atoms with Gasteiger partial charge in [-0.15, -0.1) is 11.3 Å². The molecule has 6 rings (SSSR count). The second-order valence-electron chi connectivity index (χ2n) is 7.74. The maximum absolute atomic E-state index is 13.6. The predicted molar refractivity (Wildman–Crippen MR) is 124 cm³/mol. The first-order valence-electron chi connectivity index (χ1n) is 10.5. The van der Waals surface area contributed by atoms with Gasteiger partial charge in [-0.1, -0.05) is 35.5 Å². The van der Waals surface area contributed by atoms with Gasteiger partial charge in [-0.2, -0.15) is 5.26 Å². The summed E-state index contributed by atoms with van der Waals surface area (Å²) in [4.78, 5) is 19.3. The van der Waals surface area contributed by atoms with Crippen molar-refractivity contribution in [1.29, 1.82) is 5.26 Å². The number of anilines is 1. The monoisotopic (exact) mass is 452 g/mol. The number of amides is 1. The van der Waals surface area contributed by atoms with Crippen LogP contribution in [0.3, 0.4) is 0 Å². The van der Waals surface area contributed by atoms with Gasteiger partial charge in [0, 0.05) is 10.4 Å². The first-order valence-corrected chi connectivity index (χ1v) is 11.3. The highest BCUT2D eigenvalue weighted by Crippen LogP contribution is 2.39. The van der Waals surface area contributed by atoms with E-state index in [-0.39, 0.29) is 11.6 Å². The third kappa shape index (κ3) is 3.22. The Labute approximate surface area is 192 Å². The standard InChI is InChI=1S/C25H16N4O3S/c26-13-17-15-8-4-10-20(15)33-25(17)28-23(30)16-12-18(19-9-5-11-31-19)27-24-21(16)22(29-32-24)14-6-2-1-3-7-14/h1-3,5-7,9,11-12H,4,8,10H2,(H,28,30). The Morgan fingerprint density at radius 1 is 1.15 bits per heavy atom. The molecule has 7 nitrogen and oxygen atoms in total. The second-order valence-corrected chi connectivity index (χ2v) is 8.84. The molecule has 0 atom stereocenters. The van der Waals surface area contributed by atoms with Crippen LogP contribution < -0.4 is 5.32 Å². The van der Waals surface area contributed by atoms with Crippen LogP contribution in [-0.4, -0.2) is 16.0 Å². The third-order valence-corrected chi connectivity index (χ3v) is 6.98. The second kappa shape index (κ2) is 7.73. The lowest BCUT2D eigenvalue weighted by Crippen LogP contribution is -2.13. The average molecular weight is 452 g/mol. The Hall–Kier alpha value is -4.22. The Morgan fingerprint density at radius 2 is 2.03 bits per heavy atom. The van der Waals surface area contributed by atoms with E-state index in [1.54, 1.807) is 24.5 Å². The van der Waals surface area contributed by atoms with E-state index in [0.29, 0.717) is 38.7 Å². The number of thiophene rings is 1. The van der Waals surface area contributed by atoms with Gasteiger partial charge in [0.05, 0.1) is 22.8 Å². The maximum Gasteiger partial charge on any atom is 0.259 e. The number of hydrogen-bond acceptors (Lipinski definition) is 7. The van der Waals surface area contributed by atoms with E-state index in [0.717, 1.165) is 30.4 Å². The van der Waals surface area contributed by atoms with Gasteiger partial charge in [0.1, 0.15) is 22.5 Å². The molecule has 5 aromatic rings. The van der Waals surface area contributed by atoms with Crippen LogP contribution in [0.4, 0.5) is 5.00 Å². The number of furan rings is 1. The molecule has 8 heteroatoms. The molecular formula is C25H16N4O3S. The van der Waals surface area contributed by atoms with Gasteiger partial charge in [-0.3, -0.25) is 4.79 Å². The van der Waals surface area contributed by atoms with Crippen molar-refractivity contribution in [3.05, 3.63) is 76.4 Å². The summed E-state index contributed by atoms with van der Waals surface area (Å²) >= 11 is 1.48. The number of nitrogens with zero attached hydrogens (tertiary/aromatic N) is 3. The van der Waals surface area contributed by atoms with Gasteiger partial charge in [0.25, 0.3) is 11.6 Å². The smallest absolute Gasteiger partial charge is 0.259 e. The van der Waals surface area contributed by atoms with E-state index in [4.69, 9.17) is 8.94 Å². The van der Waals surface area contributed by atoms with E-state index in [1.807, 2.05) is 30.3 Å². The number of carbonyl (C=O) groups excluding carboxylic acids is 1. The molecule has 1 aromatic carbocycles. The van der Waals surface area contributed by atoms with Crippen LogP contribution in [0.15, 0.2) is 63.7 Å². The molecule has 0 fully saturated rings. The summed E-state index contributed by atoms with van der Waals surface area (Å²) in [6.45, 7) is 0. The molecule has 0 aliphatic heterocycles. The highest BCUT2D eigenvalue weighted by Gasteiger charge is 2.26. The highest BCUT2D eigenvalue weighted by molar-refractivity contribution is 7.16. The van der Waals surface area contributed by atoms with E-state index in [2.05, 4.69) is 21.5 Å². The Kier molecular flexibility index (Phi) is 4.56. The van der Waals surface area contributed by atoms with Gasteiger partial charge in [0.15, 0.2) is 5.76 Å². The lowest BCUT2D eigenvalue weighted by Gasteiger charge is -2.08. The van der Waals surface area contributed by atoms with Crippen molar-refractivity contribution in [3.8, 4) is 28.8 Å². The summed E-state index contributed by atoms with van der Waals surface area (Å²) in [5, 5.41) is 18.0. The van der Waals surface area contributed by atoms with Crippen molar-refractivity contribution in [2.24, 2.45) is 0 Å². The van der Waals surface area contributed by atoms with Gasteiger partial charge in [0.2, 0.25) is 0 Å². The zero-order valence-electron chi connectivity index (χ0n) is 17.3. The lowest BCUT2D eigenvalue weighted by molar-refractivity contribution is 0.102. The van der Waals surface area contributed by atoms with Crippen molar-refractivity contribution in [2.75, 3.05) is 5.32 Å². The molecule has 4 aromatic heterocycles. The Morgan fingerprint density at radius 3 is 2.82 bits per heavy atom. The van der Waals surface area contributed by atoms with Crippen LogP contribution in [0.25, 0.3) is 33.8 Å². The van der Waals surface area contributed by atoms with E-state index in [9.17, 15) is 10.1 Å². The molecule has 0 saturated carbocycles. The van der Waals surface area contributed by atoms with E-state index in [1.165, 1.54) is 16.2 Å².